The van der Waals surface area contributed by atoms with Crippen molar-refractivity contribution in [2.24, 2.45) is 0 Å². The Labute approximate surface area is 197 Å². The Hall–Kier alpha value is -2.62. The molecule has 0 radical (unpaired) electrons. The van der Waals surface area contributed by atoms with Gasteiger partial charge in [0.15, 0.2) is 5.65 Å². The van der Waals surface area contributed by atoms with Crippen molar-refractivity contribution in [1.82, 2.24) is 14.3 Å². The van der Waals surface area contributed by atoms with Gasteiger partial charge in [0.25, 0.3) is 0 Å². The highest BCUT2D eigenvalue weighted by atomic mass is 16.3. The zero-order valence-electron chi connectivity index (χ0n) is 20.2. The van der Waals surface area contributed by atoms with E-state index in [0.717, 1.165) is 67.8 Å². The summed E-state index contributed by atoms with van der Waals surface area (Å²) in [5, 5.41) is 19.4. The summed E-state index contributed by atoms with van der Waals surface area (Å²) in [5.41, 5.74) is 5.87. The number of rotatable bonds is 10. The minimum atomic E-state index is 0.204. The van der Waals surface area contributed by atoms with E-state index in [0.29, 0.717) is 5.56 Å². The molecule has 1 aliphatic heterocycles. The highest BCUT2D eigenvalue weighted by molar-refractivity contribution is 5.86. The first-order chi connectivity index (χ1) is 16.2. The van der Waals surface area contributed by atoms with Gasteiger partial charge >= 0.3 is 0 Å². The van der Waals surface area contributed by atoms with Gasteiger partial charge in [-0.1, -0.05) is 51.2 Å². The predicted octanol–water partition coefficient (Wildman–Crippen LogP) is 4.68. The number of aliphatic hydroxyl groups excluding tert-OH is 1. The van der Waals surface area contributed by atoms with E-state index in [2.05, 4.69) is 46.2 Å². The number of β-amino-alcohol motifs (C(OH)–C–C–N with tert-alkyl or cyclic N) is 1. The van der Waals surface area contributed by atoms with Crippen LogP contribution in [0.25, 0.3) is 16.7 Å². The zero-order valence-corrected chi connectivity index (χ0v) is 20.2. The standard InChI is InChI=1S/C27H37N5O/c1-3-4-5-6-7-8-11-22-21(2)23(20-28)26-29-24-12-9-10-13-25(24)32(26)27(22)31-16-14-30(15-17-31)18-19-33/h9-10,12-13,33H,3-8,11,14-19H2,1-2H3. The van der Waals surface area contributed by atoms with Gasteiger partial charge < -0.3 is 10.0 Å². The Bertz CT molecular complexity index is 1120. The van der Waals surface area contributed by atoms with Crippen molar-refractivity contribution in [3.63, 3.8) is 0 Å². The Balaban J connectivity index is 1.77. The van der Waals surface area contributed by atoms with E-state index in [4.69, 9.17) is 4.98 Å². The van der Waals surface area contributed by atoms with E-state index in [-0.39, 0.29) is 6.61 Å². The number of para-hydroxylation sites is 2. The number of hydrogen-bond donors (Lipinski definition) is 1. The minimum Gasteiger partial charge on any atom is -0.395 e. The number of imidazole rings is 1. The van der Waals surface area contributed by atoms with Crippen LogP contribution in [0.15, 0.2) is 24.3 Å². The van der Waals surface area contributed by atoms with E-state index in [1.54, 1.807) is 0 Å². The fourth-order valence-electron chi connectivity index (χ4n) is 5.20. The van der Waals surface area contributed by atoms with Crippen molar-refractivity contribution in [2.45, 2.75) is 58.8 Å². The molecular weight excluding hydrogens is 410 g/mol. The molecule has 1 aliphatic rings. The molecule has 3 aromatic rings. The number of piperazine rings is 1. The molecule has 176 valence electrons. The molecule has 6 heteroatoms. The second-order valence-electron chi connectivity index (χ2n) is 9.24. The van der Waals surface area contributed by atoms with Crippen LogP contribution < -0.4 is 4.90 Å². The summed E-state index contributed by atoms with van der Waals surface area (Å²) in [4.78, 5) is 9.69. The highest BCUT2D eigenvalue weighted by Gasteiger charge is 2.26. The van der Waals surface area contributed by atoms with Crippen molar-refractivity contribution in [3.8, 4) is 6.07 Å². The lowest BCUT2D eigenvalue weighted by molar-refractivity contribution is 0.188. The van der Waals surface area contributed by atoms with Gasteiger partial charge in [-0.2, -0.15) is 5.26 Å². The number of hydrogen-bond acceptors (Lipinski definition) is 5. The Morgan fingerprint density at radius 3 is 2.48 bits per heavy atom. The van der Waals surface area contributed by atoms with Crippen molar-refractivity contribution in [1.29, 1.82) is 5.26 Å². The van der Waals surface area contributed by atoms with Gasteiger partial charge in [-0.05, 0) is 43.0 Å². The molecule has 1 fully saturated rings. The number of benzene rings is 1. The van der Waals surface area contributed by atoms with Crippen molar-refractivity contribution in [3.05, 3.63) is 41.0 Å². The maximum absolute atomic E-state index is 10.1. The number of fused-ring (bicyclic) bond motifs is 3. The summed E-state index contributed by atoms with van der Waals surface area (Å²) in [6.07, 6.45) is 8.53. The first-order valence-corrected chi connectivity index (χ1v) is 12.6. The summed E-state index contributed by atoms with van der Waals surface area (Å²) >= 11 is 0. The van der Waals surface area contributed by atoms with Gasteiger partial charge in [0.2, 0.25) is 0 Å². The second kappa shape index (κ2) is 11.0. The Morgan fingerprint density at radius 2 is 1.76 bits per heavy atom. The van der Waals surface area contributed by atoms with Gasteiger partial charge in [-0.25, -0.2) is 4.98 Å². The van der Waals surface area contributed by atoms with Crippen LogP contribution in [0, 0.1) is 18.3 Å². The molecular formula is C27H37N5O. The molecule has 2 aromatic heterocycles. The molecule has 3 heterocycles. The number of nitriles is 1. The molecule has 0 amide bonds. The molecule has 0 unspecified atom stereocenters. The summed E-state index contributed by atoms with van der Waals surface area (Å²) in [7, 11) is 0. The lowest BCUT2D eigenvalue weighted by atomic mass is 9.97. The maximum Gasteiger partial charge on any atom is 0.157 e. The molecule has 1 aromatic carbocycles. The van der Waals surface area contributed by atoms with Crippen LogP contribution in [-0.4, -0.2) is 58.7 Å². The molecule has 6 nitrogen and oxygen atoms in total. The van der Waals surface area contributed by atoms with Gasteiger partial charge in [0.1, 0.15) is 11.9 Å². The number of anilines is 1. The average Bonchev–Trinajstić information content (AvgIpc) is 3.21. The van der Waals surface area contributed by atoms with E-state index >= 15 is 0 Å². The van der Waals surface area contributed by atoms with Gasteiger partial charge in [-0.15, -0.1) is 0 Å². The maximum atomic E-state index is 10.1. The third kappa shape index (κ3) is 4.85. The molecule has 0 spiro atoms. The number of aromatic nitrogens is 2. The molecule has 0 bridgehead atoms. The van der Waals surface area contributed by atoms with Crippen LogP contribution in [0.2, 0.25) is 0 Å². The first kappa shape index (κ1) is 23.5. The third-order valence-electron chi connectivity index (χ3n) is 7.07. The van der Waals surface area contributed by atoms with Crippen molar-refractivity contribution >= 4 is 22.5 Å². The SMILES string of the molecule is CCCCCCCCc1c(C)c(C#N)c2nc3ccccc3n2c1N1CCN(CCO)CC1. The minimum absolute atomic E-state index is 0.204. The molecule has 4 rings (SSSR count). The summed E-state index contributed by atoms with van der Waals surface area (Å²) in [6.45, 7) is 8.99. The quantitative estimate of drug-likeness (QED) is 0.457. The molecule has 1 N–H and O–H groups in total. The van der Waals surface area contributed by atoms with Crippen LogP contribution in [0.1, 0.15) is 62.1 Å². The van der Waals surface area contributed by atoms with Gasteiger partial charge in [0, 0.05) is 32.7 Å². The Kier molecular flexibility index (Phi) is 7.85. The lowest BCUT2D eigenvalue weighted by Crippen LogP contribution is -2.48. The summed E-state index contributed by atoms with van der Waals surface area (Å²) in [6, 6.07) is 10.7. The van der Waals surface area contributed by atoms with Crippen molar-refractivity contribution in [2.75, 3.05) is 44.2 Å². The molecule has 0 atom stereocenters. The van der Waals surface area contributed by atoms with E-state index in [9.17, 15) is 10.4 Å². The fourth-order valence-corrected chi connectivity index (χ4v) is 5.20. The first-order valence-electron chi connectivity index (χ1n) is 12.6. The highest BCUT2D eigenvalue weighted by Crippen LogP contribution is 2.34. The van der Waals surface area contributed by atoms with E-state index < -0.39 is 0 Å². The van der Waals surface area contributed by atoms with Gasteiger partial charge in [0.05, 0.1) is 23.2 Å². The number of nitrogens with zero attached hydrogens (tertiary/aromatic N) is 5. The normalized spacial score (nSPS) is 14.9. The Morgan fingerprint density at radius 1 is 1.03 bits per heavy atom. The molecule has 1 saturated heterocycles. The van der Waals surface area contributed by atoms with E-state index in [1.807, 2.05) is 12.1 Å². The van der Waals surface area contributed by atoms with Crippen LogP contribution in [0.4, 0.5) is 5.82 Å². The largest absolute Gasteiger partial charge is 0.395 e. The van der Waals surface area contributed by atoms with Crippen molar-refractivity contribution < 1.29 is 5.11 Å². The number of aliphatic hydroxyl groups is 1. The lowest BCUT2D eigenvalue weighted by Gasteiger charge is -2.37. The van der Waals surface area contributed by atoms with Gasteiger partial charge in [-0.3, -0.25) is 9.30 Å². The molecule has 0 saturated carbocycles. The van der Waals surface area contributed by atoms with Crippen LogP contribution in [0.5, 0.6) is 0 Å². The third-order valence-corrected chi connectivity index (χ3v) is 7.07. The smallest absolute Gasteiger partial charge is 0.157 e. The number of unbranched alkanes of at least 4 members (excludes halogenated alkanes) is 5. The molecule has 0 aliphatic carbocycles. The zero-order chi connectivity index (χ0) is 23.2. The second-order valence-corrected chi connectivity index (χ2v) is 9.24. The fraction of sp³-hybridized carbons (Fsp3) is 0.556. The van der Waals surface area contributed by atoms with Crippen LogP contribution in [0.3, 0.4) is 0 Å². The van der Waals surface area contributed by atoms with E-state index in [1.165, 1.54) is 43.5 Å². The summed E-state index contributed by atoms with van der Waals surface area (Å²) < 4.78 is 2.25. The van der Waals surface area contributed by atoms with Crippen LogP contribution in [-0.2, 0) is 6.42 Å². The molecule has 33 heavy (non-hydrogen) atoms. The predicted molar refractivity (Wildman–Crippen MR) is 135 cm³/mol. The topological polar surface area (TPSA) is 67.8 Å². The average molecular weight is 448 g/mol. The number of pyridine rings is 1. The van der Waals surface area contributed by atoms with Crippen LogP contribution >= 0.6 is 0 Å². The monoisotopic (exact) mass is 447 g/mol. The summed E-state index contributed by atoms with van der Waals surface area (Å²) in [5.74, 6) is 1.22.